The van der Waals surface area contributed by atoms with Gasteiger partial charge >= 0.3 is 5.97 Å². The summed E-state index contributed by atoms with van der Waals surface area (Å²) >= 11 is 1.33. The molecule has 1 heterocycles. The Morgan fingerprint density at radius 3 is 2.74 bits per heavy atom. The molecule has 7 nitrogen and oxygen atoms in total. The zero-order valence-electron chi connectivity index (χ0n) is 12.9. The van der Waals surface area contributed by atoms with E-state index in [1.165, 1.54) is 23.9 Å². The van der Waals surface area contributed by atoms with E-state index in [2.05, 4.69) is 9.97 Å². The van der Waals surface area contributed by atoms with Crippen LogP contribution in [0, 0.1) is 17.0 Å². The van der Waals surface area contributed by atoms with Crippen molar-refractivity contribution in [1.29, 1.82) is 0 Å². The number of esters is 1. The molecule has 23 heavy (non-hydrogen) atoms. The molecule has 0 N–H and O–H groups in total. The molecule has 0 aliphatic rings. The minimum absolute atomic E-state index is 0.0701. The quantitative estimate of drug-likeness (QED) is 0.272. The minimum atomic E-state index is -0.542. The number of nitro benzene ring substituents is 1. The SMILES string of the molecule is CCOC(=O)c1c(C)nc(SC)nc1-c1cccc([N+](=O)[O-])c1. The highest BCUT2D eigenvalue weighted by molar-refractivity contribution is 7.98. The second-order valence-electron chi connectivity index (χ2n) is 4.55. The molecule has 0 saturated carbocycles. The molecule has 0 atom stereocenters. The van der Waals surface area contributed by atoms with Crippen LogP contribution in [-0.4, -0.2) is 33.7 Å². The second kappa shape index (κ2) is 7.19. The van der Waals surface area contributed by atoms with E-state index in [9.17, 15) is 14.9 Å². The summed E-state index contributed by atoms with van der Waals surface area (Å²) in [6.45, 7) is 3.61. The normalized spacial score (nSPS) is 10.4. The van der Waals surface area contributed by atoms with Gasteiger partial charge in [-0.2, -0.15) is 0 Å². The van der Waals surface area contributed by atoms with Crippen molar-refractivity contribution >= 4 is 23.4 Å². The maximum absolute atomic E-state index is 12.2. The highest BCUT2D eigenvalue weighted by Crippen LogP contribution is 2.29. The lowest BCUT2D eigenvalue weighted by Gasteiger charge is -2.12. The Balaban J connectivity index is 2.68. The number of ether oxygens (including phenoxy) is 1. The number of hydrogen-bond donors (Lipinski definition) is 0. The summed E-state index contributed by atoms with van der Waals surface area (Å²) in [7, 11) is 0. The number of non-ortho nitro benzene ring substituents is 1. The lowest BCUT2D eigenvalue weighted by molar-refractivity contribution is -0.384. The van der Waals surface area contributed by atoms with Crippen molar-refractivity contribution in [1.82, 2.24) is 9.97 Å². The molecule has 8 heteroatoms. The van der Waals surface area contributed by atoms with Crippen molar-refractivity contribution in [3.05, 3.63) is 45.6 Å². The van der Waals surface area contributed by atoms with Crippen LogP contribution in [0.4, 0.5) is 5.69 Å². The average Bonchev–Trinajstić information content (AvgIpc) is 2.54. The predicted octanol–water partition coefficient (Wildman–Crippen LogP) is 3.26. The van der Waals surface area contributed by atoms with Crippen LogP contribution in [0.3, 0.4) is 0 Å². The second-order valence-corrected chi connectivity index (χ2v) is 5.32. The largest absolute Gasteiger partial charge is 0.462 e. The van der Waals surface area contributed by atoms with Gasteiger partial charge in [-0.1, -0.05) is 23.9 Å². The molecule has 0 saturated heterocycles. The van der Waals surface area contributed by atoms with E-state index >= 15 is 0 Å². The number of benzene rings is 1. The van der Waals surface area contributed by atoms with Crippen LogP contribution in [0.15, 0.2) is 29.4 Å². The molecule has 2 aromatic rings. The molecule has 0 fully saturated rings. The van der Waals surface area contributed by atoms with E-state index in [0.717, 1.165) is 0 Å². The topological polar surface area (TPSA) is 95.2 Å². The lowest BCUT2D eigenvalue weighted by atomic mass is 10.0. The highest BCUT2D eigenvalue weighted by Gasteiger charge is 2.22. The van der Waals surface area contributed by atoms with Crippen molar-refractivity contribution in [2.45, 2.75) is 19.0 Å². The Bertz CT molecular complexity index is 764. The van der Waals surface area contributed by atoms with Gasteiger partial charge in [0.05, 0.1) is 22.9 Å². The van der Waals surface area contributed by atoms with E-state index in [1.807, 2.05) is 6.26 Å². The van der Waals surface area contributed by atoms with Gasteiger partial charge < -0.3 is 4.74 Å². The molecule has 0 bridgehead atoms. The minimum Gasteiger partial charge on any atom is -0.462 e. The third kappa shape index (κ3) is 3.65. The zero-order chi connectivity index (χ0) is 17.0. The maximum atomic E-state index is 12.2. The van der Waals surface area contributed by atoms with E-state index in [1.54, 1.807) is 26.0 Å². The van der Waals surface area contributed by atoms with Crippen LogP contribution in [0.1, 0.15) is 23.0 Å². The monoisotopic (exact) mass is 333 g/mol. The van der Waals surface area contributed by atoms with Crippen molar-refractivity contribution in [3.63, 3.8) is 0 Å². The summed E-state index contributed by atoms with van der Waals surface area (Å²) in [6, 6.07) is 5.99. The predicted molar refractivity (Wildman–Crippen MR) is 86.6 cm³/mol. The number of hydrogen-bond acceptors (Lipinski definition) is 7. The fourth-order valence-corrected chi connectivity index (χ4v) is 2.47. The van der Waals surface area contributed by atoms with E-state index in [-0.39, 0.29) is 17.9 Å². The van der Waals surface area contributed by atoms with Gasteiger partial charge in [-0.3, -0.25) is 10.1 Å². The van der Waals surface area contributed by atoms with Gasteiger partial charge in [0, 0.05) is 17.7 Å². The third-order valence-electron chi connectivity index (χ3n) is 3.06. The number of carbonyl (C=O) groups excluding carboxylic acids is 1. The first kappa shape index (κ1) is 16.9. The number of nitro groups is 1. The highest BCUT2D eigenvalue weighted by atomic mass is 32.2. The Hall–Kier alpha value is -2.48. The Morgan fingerprint density at radius 2 is 2.13 bits per heavy atom. The van der Waals surface area contributed by atoms with Gasteiger partial charge in [-0.15, -0.1) is 0 Å². The fourth-order valence-electron chi connectivity index (χ4n) is 2.06. The van der Waals surface area contributed by atoms with Gasteiger partial charge in [0.1, 0.15) is 5.56 Å². The van der Waals surface area contributed by atoms with Crippen molar-refractivity contribution < 1.29 is 14.5 Å². The van der Waals surface area contributed by atoms with Crippen molar-refractivity contribution in [3.8, 4) is 11.3 Å². The standard InChI is InChI=1S/C15H15N3O4S/c1-4-22-14(19)12-9(2)16-15(23-3)17-13(12)10-6-5-7-11(8-10)18(20)21/h5-8H,4H2,1-3H3. The molecule has 1 aromatic carbocycles. The van der Waals surface area contributed by atoms with Gasteiger partial charge in [0.15, 0.2) is 5.16 Å². The van der Waals surface area contributed by atoms with Crippen LogP contribution in [0.2, 0.25) is 0 Å². The van der Waals surface area contributed by atoms with E-state index in [0.29, 0.717) is 22.1 Å². The molecule has 1 aromatic heterocycles. The first-order valence-electron chi connectivity index (χ1n) is 6.82. The van der Waals surface area contributed by atoms with E-state index < -0.39 is 10.9 Å². The molecular formula is C15H15N3O4S. The maximum Gasteiger partial charge on any atom is 0.342 e. The molecule has 0 spiro atoms. The number of rotatable bonds is 5. The average molecular weight is 333 g/mol. The summed E-state index contributed by atoms with van der Waals surface area (Å²) < 4.78 is 5.06. The van der Waals surface area contributed by atoms with Crippen LogP contribution in [0.5, 0.6) is 0 Å². The van der Waals surface area contributed by atoms with Gasteiger partial charge in [0.2, 0.25) is 0 Å². The fraction of sp³-hybridized carbons (Fsp3) is 0.267. The zero-order valence-corrected chi connectivity index (χ0v) is 13.7. The number of thioether (sulfide) groups is 1. The lowest BCUT2D eigenvalue weighted by Crippen LogP contribution is -2.12. The summed E-state index contributed by atoms with van der Waals surface area (Å²) in [5.41, 5.74) is 1.45. The van der Waals surface area contributed by atoms with Gasteiger partial charge in [-0.05, 0) is 20.1 Å². The first-order valence-corrected chi connectivity index (χ1v) is 8.05. The van der Waals surface area contributed by atoms with Crippen LogP contribution in [0.25, 0.3) is 11.3 Å². The molecule has 2 rings (SSSR count). The van der Waals surface area contributed by atoms with Crippen LogP contribution >= 0.6 is 11.8 Å². The third-order valence-corrected chi connectivity index (χ3v) is 3.61. The molecule has 0 aliphatic heterocycles. The Kier molecular flexibility index (Phi) is 5.28. The molecule has 0 aliphatic carbocycles. The molecular weight excluding hydrogens is 318 g/mol. The van der Waals surface area contributed by atoms with Crippen molar-refractivity contribution in [2.75, 3.05) is 12.9 Å². The van der Waals surface area contributed by atoms with Crippen molar-refractivity contribution in [2.24, 2.45) is 0 Å². The Labute approximate surface area is 137 Å². The van der Waals surface area contributed by atoms with Gasteiger partial charge in [-0.25, -0.2) is 14.8 Å². The summed E-state index contributed by atoms with van der Waals surface area (Å²) in [5, 5.41) is 11.5. The first-order chi connectivity index (χ1) is 11.0. The summed E-state index contributed by atoms with van der Waals surface area (Å²) in [4.78, 5) is 31.3. The smallest absolute Gasteiger partial charge is 0.342 e. The Morgan fingerprint density at radius 1 is 1.39 bits per heavy atom. The molecule has 0 radical (unpaired) electrons. The number of nitrogens with zero attached hydrogens (tertiary/aromatic N) is 3. The number of aromatic nitrogens is 2. The van der Waals surface area contributed by atoms with Crippen LogP contribution in [-0.2, 0) is 4.74 Å². The van der Waals surface area contributed by atoms with Crippen LogP contribution < -0.4 is 0 Å². The van der Waals surface area contributed by atoms with E-state index in [4.69, 9.17) is 4.74 Å². The number of carbonyl (C=O) groups is 1. The van der Waals surface area contributed by atoms with Gasteiger partial charge in [0.25, 0.3) is 5.69 Å². The summed E-state index contributed by atoms with van der Waals surface area (Å²) in [5.74, 6) is -0.542. The summed E-state index contributed by atoms with van der Waals surface area (Å²) in [6.07, 6.45) is 1.82. The molecule has 0 amide bonds. The number of aryl methyl sites for hydroxylation is 1. The molecule has 120 valence electrons. The molecule has 0 unspecified atom stereocenters.